The highest BCUT2D eigenvalue weighted by Gasteiger charge is 2.42. The van der Waals surface area contributed by atoms with Gasteiger partial charge in [-0.1, -0.05) is 35.0 Å². The number of aromatic nitrogens is 3. The van der Waals surface area contributed by atoms with Crippen molar-refractivity contribution >= 4 is 40.9 Å². The summed E-state index contributed by atoms with van der Waals surface area (Å²) < 4.78 is 1.26. The van der Waals surface area contributed by atoms with Crippen molar-refractivity contribution in [3.8, 4) is 17.5 Å². The first-order valence-corrected chi connectivity index (χ1v) is 9.59. The van der Waals surface area contributed by atoms with Gasteiger partial charge in [0.2, 0.25) is 11.1 Å². The Morgan fingerprint density at radius 3 is 2.88 bits per heavy atom. The minimum absolute atomic E-state index is 0.0720. The maximum absolute atomic E-state index is 12.2. The lowest BCUT2D eigenvalue weighted by Crippen LogP contribution is -2.47. The highest BCUT2D eigenvalue weighted by atomic mass is 35.5. The fraction of sp³-hybridized carbons (Fsp3) is 0.375. The molecule has 0 saturated heterocycles. The van der Waals surface area contributed by atoms with Gasteiger partial charge in [0, 0.05) is 10.6 Å². The summed E-state index contributed by atoms with van der Waals surface area (Å²) in [4.78, 5) is 12.2. The summed E-state index contributed by atoms with van der Waals surface area (Å²) in [6, 6.07) is 7.15. The maximum atomic E-state index is 12.2. The van der Waals surface area contributed by atoms with E-state index in [0.717, 1.165) is 24.6 Å². The van der Waals surface area contributed by atoms with Gasteiger partial charge in [-0.3, -0.25) is 4.79 Å². The van der Waals surface area contributed by atoms with E-state index in [4.69, 9.17) is 29.0 Å². The molecule has 1 atom stereocenters. The molecule has 0 aliphatic heterocycles. The molecule has 2 aromatic rings. The summed E-state index contributed by atoms with van der Waals surface area (Å²) in [5.41, 5.74) is -0.274. The molecule has 1 heterocycles. The number of hydrogen-bond acceptors (Lipinski definition) is 6. The van der Waals surface area contributed by atoms with Crippen molar-refractivity contribution in [2.75, 3.05) is 11.6 Å². The van der Waals surface area contributed by atoms with Crippen LogP contribution >= 0.6 is 35.0 Å². The molecule has 1 fully saturated rings. The lowest BCUT2D eigenvalue weighted by molar-refractivity contribution is -0.119. The summed E-state index contributed by atoms with van der Waals surface area (Å²) in [6.07, 6.45) is 1.91. The number of halogens is 2. The van der Waals surface area contributed by atoms with Crippen LogP contribution in [0.25, 0.3) is 11.4 Å². The number of amides is 1. The Bertz CT molecular complexity index is 891. The third-order valence-electron chi connectivity index (χ3n) is 4.19. The molecule has 7 nitrogen and oxygen atoms in total. The second kappa shape index (κ2) is 7.35. The van der Waals surface area contributed by atoms with E-state index in [1.807, 2.05) is 0 Å². The first-order valence-electron chi connectivity index (χ1n) is 7.85. The highest BCUT2D eigenvalue weighted by molar-refractivity contribution is 7.99. The first kappa shape index (κ1) is 18.8. The zero-order valence-electron chi connectivity index (χ0n) is 13.9. The predicted octanol–water partition coefficient (Wildman–Crippen LogP) is 2.87. The average Bonchev–Trinajstić information content (AvgIpc) is 3.40. The fourth-order valence-electron chi connectivity index (χ4n) is 2.57. The summed E-state index contributed by atoms with van der Waals surface area (Å²) in [6.45, 7) is 1.75. The third-order valence-corrected chi connectivity index (χ3v) is 5.70. The maximum Gasteiger partial charge on any atom is 0.231 e. The lowest BCUT2D eigenvalue weighted by atomic mass is 9.98. The SMILES string of the molecule is C[C@](C#N)(NC(=O)CSc1nnc(-c2cc(Cl)ccc2Cl)n1N)C1CC1. The van der Waals surface area contributed by atoms with Gasteiger partial charge in [-0.15, -0.1) is 10.2 Å². The third kappa shape index (κ3) is 3.90. The van der Waals surface area contributed by atoms with Gasteiger partial charge in [0.25, 0.3) is 0 Å². The Kier molecular flexibility index (Phi) is 5.32. The molecule has 1 amide bonds. The Morgan fingerprint density at radius 2 is 2.23 bits per heavy atom. The van der Waals surface area contributed by atoms with Gasteiger partial charge in [-0.25, -0.2) is 4.68 Å². The Labute approximate surface area is 164 Å². The van der Waals surface area contributed by atoms with Crippen LogP contribution in [0.5, 0.6) is 0 Å². The normalized spacial score (nSPS) is 15.9. The van der Waals surface area contributed by atoms with E-state index in [1.54, 1.807) is 25.1 Å². The molecule has 1 saturated carbocycles. The molecular formula is C16H16Cl2N6OS. The smallest absolute Gasteiger partial charge is 0.231 e. The molecule has 0 unspecified atom stereocenters. The topological polar surface area (TPSA) is 110 Å². The van der Waals surface area contributed by atoms with Crippen LogP contribution in [0.1, 0.15) is 19.8 Å². The molecule has 1 aromatic carbocycles. The van der Waals surface area contributed by atoms with Crippen LogP contribution < -0.4 is 11.2 Å². The molecule has 136 valence electrons. The van der Waals surface area contributed by atoms with E-state index in [-0.39, 0.29) is 17.6 Å². The van der Waals surface area contributed by atoms with Crippen molar-refractivity contribution in [1.29, 1.82) is 5.26 Å². The molecule has 1 aromatic heterocycles. The van der Waals surface area contributed by atoms with E-state index >= 15 is 0 Å². The zero-order chi connectivity index (χ0) is 18.9. The summed E-state index contributed by atoms with van der Waals surface area (Å²) >= 11 is 13.3. The number of carbonyl (C=O) groups excluding carboxylic acids is 1. The van der Waals surface area contributed by atoms with E-state index < -0.39 is 5.54 Å². The number of nitrogens with zero attached hydrogens (tertiary/aromatic N) is 4. The van der Waals surface area contributed by atoms with Gasteiger partial charge in [0.15, 0.2) is 5.82 Å². The molecule has 1 aliphatic carbocycles. The van der Waals surface area contributed by atoms with Crippen LogP contribution in [0.15, 0.2) is 23.4 Å². The van der Waals surface area contributed by atoms with E-state index in [9.17, 15) is 10.1 Å². The quantitative estimate of drug-likeness (QED) is 0.559. The summed E-state index contributed by atoms with van der Waals surface area (Å²) in [7, 11) is 0. The van der Waals surface area contributed by atoms with Crippen LogP contribution in [-0.4, -0.2) is 32.1 Å². The fourth-order valence-corrected chi connectivity index (χ4v) is 3.60. The first-order chi connectivity index (χ1) is 12.3. The van der Waals surface area contributed by atoms with E-state index in [2.05, 4.69) is 21.6 Å². The molecular weight excluding hydrogens is 395 g/mol. The van der Waals surface area contributed by atoms with Gasteiger partial charge in [0.1, 0.15) is 5.54 Å². The summed E-state index contributed by atoms with van der Waals surface area (Å²) in [5.74, 6) is 6.42. The number of hydrogen-bond donors (Lipinski definition) is 2. The largest absolute Gasteiger partial charge is 0.337 e. The zero-order valence-corrected chi connectivity index (χ0v) is 16.2. The number of benzene rings is 1. The Hall–Kier alpha value is -1.95. The lowest BCUT2D eigenvalue weighted by Gasteiger charge is -2.22. The molecule has 3 N–H and O–H groups in total. The molecule has 3 rings (SSSR count). The van der Waals surface area contributed by atoms with Gasteiger partial charge in [0.05, 0.1) is 16.8 Å². The van der Waals surface area contributed by atoms with Crippen molar-refractivity contribution in [2.45, 2.75) is 30.5 Å². The van der Waals surface area contributed by atoms with Crippen LogP contribution in [0.4, 0.5) is 0 Å². The van der Waals surface area contributed by atoms with Gasteiger partial charge in [-0.2, -0.15) is 5.26 Å². The number of nitrogens with one attached hydrogen (secondary N) is 1. The Morgan fingerprint density at radius 1 is 1.50 bits per heavy atom. The van der Waals surface area contributed by atoms with Crippen LogP contribution in [0, 0.1) is 17.2 Å². The number of nitrogens with two attached hydrogens (primary N) is 1. The highest BCUT2D eigenvalue weighted by Crippen LogP contribution is 2.39. The number of nitriles is 1. The second-order valence-corrected chi connectivity index (χ2v) is 8.01. The minimum Gasteiger partial charge on any atom is -0.337 e. The molecule has 26 heavy (non-hydrogen) atoms. The van der Waals surface area contributed by atoms with Crippen molar-refractivity contribution in [1.82, 2.24) is 20.2 Å². The number of thioether (sulfide) groups is 1. The standard InChI is InChI=1S/C16H16Cl2N6OS/c1-16(8-19,9-2-3-9)21-13(25)7-26-15-23-22-14(24(15)20)11-6-10(17)4-5-12(11)18/h4-6,9H,2-3,7,20H2,1H3,(H,21,25)/t16-/m1/s1. The molecule has 10 heteroatoms. The minimum atomic E-state index is -0.826. The van der Waals surface area contributed by atoms with Crippen molar-refractivity contribution < 1.29 is 4.79 Å². The summed E-state index contributed by atoms with van der Waals surface area (Å²) in [5, 5.41) is 21.4. The molecule has 0 radical (unpaired) electrons. The van der Waals surface area contributed by atoms with Gasteiger partial charge in [-0.05, 0) is 43.9 Å². The van der Waals surface area contributed by atoms with Crippen molar-refractivity contribution in [2.24, 2.45) is 5.92 Å². The van der Waals surface area contributed by atoms with Crippen molar-refractivity contribution in [3.63, 3.8) is 0 Å². The Balaban J connectivity index is 1.68. The van der Waals surface area contributed by atoms with Crippen LogP contribution in [0.2, 0.25) is 10.0 Å². The van der Waals surface area contributed by atoms with Crippen LogP contribution in [0.3, 0.4) is 0 Å². The second-order valence-electron chi connectivity index (χ2n) is 6.23. The number of carbonyl (C=O) groups is 1. The van der Waals surface area contributed by atoms with Crippen LogP contribution in [-0.2, 0) is 4.79 Å². The van der Waals surface area contributed by atoms with Gasteiger partial charge >= 0.3 is 0 Å². The van der Waals surface area contributed by atoms with Crippen molar-refractivity contribution in [3.05, 3.63) is 28.2 Å². The predicted molar refractivity (Wildman–Crippen MR) is 101 cm³/mol. The molecule has 1 aliphatic rings. The molecule has 0 bridgehead atoms. The van der Waals surface area contributed by atoms with E-state index in [1.165, 1.54) is 4.68 Å². The van der Waals surface area contributed by atoms with Gasteiger partial charge < -0.3 is 11.2 Å². The monoisotopic (exact) mass is 410 g/mol. The number of rotatable bonds is 6. The van der Waals surface area contributed by atoms with E-state index in [0.29, 0.717) is 26.6 Å². The average molecular weight is 411 g/mol. The number of nitrogen functional groups attached to an aromatic ring is 1. The molecule has 0 spiro atoms.